The van der Waals surface area contributed by atoms with E-state index in [2.05, 4.69) is 41.5 Å². The van der Waals surface area contributed by atoms with Crippen molar-refractivity contribution in [2.75, 3.05) is 79.0 Å². The molecule has 0 rings (SSSR count). The average Bonchev–Trinajstić information content (AvgIpc) is 3.18. The Labute approximate surface area is 352 Å². The van der Waals surface area contributed by atoms with Gasteiger partial charge in [0.15, 0.2) is 12.6 Å². The van der Waals surface area contributed by atoms with Crippen molar-refractivity contribution in [2.24, 2.45) is 0 Å². The molecule has 0 radical (unpaired) electrons. The minimum Gasteiger partial charge on any atom is -0.469 e. The van der Waals surface area contributed by atoms with Crippen molar-refractivity contribution in [1.29, 1.82) is 0 Å². The van der Waals surface area contributed by atoms with Crippen molar-refractivity contribution in [3.05, 3.63) is 0 Å². The molecule has 356 valence electrons. The van der Waals surface area contributed by atoms with Gasteiger partial charge in [0, 0.05) is 60.4 Å². The van der Waals surface area contributed by atoms with Crippen LogP contribution in [-0.4, -0.2) is 137 Å². The van der Waals surface area contributed by atoms with Crippen LogP contribution in [0.2, 0.25) is 0 Å². The highest BCUT2D eigenvalue weighted by molar-refractivity contribution is 7.86. The summed E-state index contributed by atoms with van der Waals surface area (Å²) in [5.41, 5.74) is 0. The minimum absolute atomic E-state index is 0.0564. The number of hydrogen-bond donors (Lipinski definition) is 0. The second-order valence-corrected chi connectivity index (χ2v) is 13.4. The van der Waals surface area contributed by atoms with E-state index in [0.717, 1.165) is 6.61 Å². The quantitative estimate of drug-likeness (QED) is 0.0616. The second-order valence-electron chi connectivity index (χ2n) is 9.52. The number of ether oxygens (including phenoxy) is 8. The van der Waals surface area contributed by atoms with Crippen LogP contribution >= 0.6 is 0 Å². The van der Waals surface area contributed by atoms with Crippen molar-refractivity contribution in [3.63, 3.8) is 0 Å². The van der Waals surface area contributed by atoms with Crippen molar-refractivity contribution in [1.82, 2.24) is 0 Å². The van der Waals surface area contributed by atoms with E-state index in [1.165, 1.54) is 41.7 Å². The highest BCUT2D eigenvalue weighted by Crippen LogP contribution is 1.91. The monoisotopic (exact) mass is 906 g/mol. The summed E-state index contributed by atoms with van der Waals surface area (Å²) in [5.74, 6) is -1.96. The van der Waals surface area contributed by atoms with Crippen LogP contribution in [0, 0.1) is 0 Å². The first-order valence-corrected chi connectivity index (χ1v) is 21.6. The predicted octanol–water partition coefficient (Wildman–Crippen LogP) is 4.07. The van der Waals surface area contributed by atoms with Crippen LogP contribution in [0.25, 0.3) is 0 Å². The van der Waals surface area contributed by atoms with E-state index in [1.54, 1.807) is 55.6 Å². The van der Waals surface area contributed by atoms with Crippen molar-refractivity contribution >= 4 is 61.8 Å². The van der Waals surface area contributed by atoms with Gasteiger partial charge in [0.1, 0.15) is 6.61 Å². The van der Waals surface area contributed by atoms with Crippen molar-refractivity contribution in [2.45, 2.75) is 116 Å². The van der Waals surface area contributed by atoms with E-state index in [1.807, 2.05) is 13.8 Å². The van der Waals surface area contributed by atoms with Gasteiger partial charge < -0.3 is 37.9 Å². The standard InChI is InChI=1S/C6H10O4.C5H10O4S.C5H10O3.C5H10O2.C4H10O3S.2C4H8O2.C3H8O/c1-3-6(8)10-4-9-5(2)7;1-3-10(7,8)9-4-5(2)6;1-3-7-4-8-5(2)6;1-3-5(6)7-4-2;1-3-7-8(5,6)4-2;1-3-4(5)6-2;1-3-6-4(2)5;1-3-4-2/h2*3-4H2,1-2H3;3-4H2,1-2H3;3-4H2,1-2H3;3-4H2,1-2H3;2*3H2,1-2H3;3H2,1-2H3. The predicted molar refractivity (Wildman–Crippen MR) is 218 cm³/mol. The smallest absolute Gasteiger partial charge is 0.308 e. The van der Waals surface area contributed by atoms with Crippen LogP contribution < -0.4 is 0 Å². The summed E-state index contributed by atoms with van der Waals surface area (Å²) in [6.45, 7) is 24.5. The largest absolute Gasteiger partial charge is 0.469 e. The molecule has 0 spiro atoms. The van der Waals surface area contributed by atoms with Crippen LogP contribution in [0.4, 0.5) is 0 Å². The number of rotatable bonds is 18. The number of methoxy groups -OCH3 is 2. The molecular formula is C36H74O21S2. The topological polar surface area (TPSA) is 280 Å². The summed E-state index contributed by atoms with van der Waals surface area (Å²) in [6, 6.07) is 0. The number of carbonyl (C=O) groups is 7. The fourth-order valence-corrected chi connectivity index (χ4v) is 2.66. The molecule has 0 atom stereocenters. The van der Waals surface area contributed by atoms with Gasteiger partial charge in [-0.3, -0.25) is 41.9 Å². The van der Waals surface area contributed by atoms with E-state index >= 15 is 0 Å². The molecule has 23 heteroatoms. The Kier molecular flexibility index (Phi) is 69.5. The zero-order chi connectivity index (χ0) is 48.3. The molecule has 0 amide bonds. The third-order valence-corrected chi connectivity index (χ3v) is 7.00. The maximum Gasteiger partial charge on any atom is 0.308 e. The third kappa shape index (κ3) is 101. The van der Waals surface area contributed by atoms with E-state index < -0.39 is 26.2 Å². The summed E-state index contributed by atoms with van der Waals surface area (Å²) >= 11 is 0. The summed E-state index contributed by atoms with van der Waals surface area (Å²) in [6.07, 6.45) is 1.24. The number of ketones is 1. The first-order chi connectivity index (χ1) is 27.3. The van der Waals surface area contributed by atoms with Crippen molar-refractivity contribution in [3.8, 4) is 0 Å². The number of Topliss-reactive ketones (excluding diaryl/α,β-unsaturated/α-hetero) is 1. The highest BCUT2D eigenvalue weighted by atomic mass is 32.2. The van der Waals surface area contributed by atoms with E-state index in [-0.39, 0.29) is 73.9 Å². The van der Waals surface area contributed by atoms with Gasteiger partial charge in [-0.2, -0.15) is 16.8 Å². The first-order valence-electron chi connectivity index (χ1n) is 18.4. The summed E-state index contributed by atoms with van der Waals surface area (Å²) < 4.78 is 86.1. The molecule has 0 aromatic rings. The maximum atomic E-state index is 10.5. The Hall–Kier alpha value is -3.77. The third-order valence-electron chi connectivity index (χ3n) is 4.51. The highest BCUT2D eigenvalue weighted by Gasteiger charge is 2.07. The molecule has 0 unspecified atom stereocenters. The summed E-state index contributed by atoms with van der Waals surface area (Å²) in [4.78, 5) is 70.7. The van der Waals surface area contributed by atoms with E-state index in [0.29, 0.717) is 39.1 Å². The Balaban J connectivity index is -0.0000000850. The lowest BCUT2D eigenvalue weighted by Gasteiger charge is -2.01. The van der Waals surface area contributed by atoms with E-state index in [4.69, 9.17) is 4.74 Å². The molecule has 0 aromatic heterocycles. The maximum absolute atomic E-state index is 10.5. The van der Waals surface area contributed by atoms with Crippen LogP contribution in [0.5, 0.6) is 0 Å². The molecule has 0 fully saturated rings. The average molecular weight is 907 g/mol. The second kappa shape index (κ2) is 56.3. The van der Waals surface area contributed by atoms with Gasteiger partial charge in [0.05, 0.1) is 38.4 Å². The lowest BCUT2D eigenvalue weighted by Crippen LogP contribution is -2.13. The zero-order valence-electron chi connectivity index (χ0n) is 38.1. The Morgan fingerprint density at radius 1 is 0.424 bits per heavy atom. The van der Waals surface area contributed by atoms with Crippen LogP contribution in [0.15, 0.2) is 0 Å². The summed E-state index contributed by atoms with van der Waals surface area (Å²) in [7, 11) is -3.54. The van der Waals surface area contributed by atoms with E-state index in [9.17, 15) is 50.4 Å². The lowest BCUT2D eigenvalue weighted by molar-refractivity contribution is -0.165. The molecule has 0 N–H and O–H groups in total. The van der Waals surface area contributed by atoms with Gasteiger partial charge in [-0.05, 0) is 55.4 Å². The van der Waals surface area contributed by atoms with Crippen LogP contribution in [0.1, 0.15) is 116 Å². The fraction of sp³-hybridized carbons (Fsp3) is 0.806. The molecule has 0 aliphatic carbocycles. The Bertz CT molecular complexity index is 1230. The molecule has 0 saturated heterocycles. The Morgan fingerprint density at radius 3 is 1.00 bits per heavy atom. The van der Waals surface area contributed by atoms with Gasteiger partial charge >= 0.3 is 35.8 Å². The minimum atomic E-state index is -3.44. The molecule has 21 nitrogen and oxygen atoms in total. The van der Waals surface area contributed by atoms with Gasteiger partial charge in [-0.15, -0.1) is 0 Å². The molecule has 0 saturated carbocycles. The lowest BCUT2D eigenvalue weighted by atomic mass is 10.5. The van der Waals surface area contributed by atoms with Crippen LogP contribution in [-0.2, 0) is 100 Å². The Morgan fingerprint density at radius 2 is 0.797 bits per heavy atom. The first kappa shape index (κ1) is 72.8. The fourth-order valence-electron chi connectivity index (χ4n) is 1.62. The van der Waals surface area contributed by atoms with Gasteiger partial charge in [-0.1, -0.05) is 20.8 Å². The molecular weight excluding hydrogens is 833 g/mol. The van der Waals surface area contributed by atoms with Gasteiger partial charge in [0.25, 0.3) is 20.2 Å². The molecule has 0 bridgehead atoms. The van der Waals surface area contributed by atoms with Gasteiger partial charge in [-0.25, -0.2) is 0 Å². The van der Waals surface area contributed by atoms with Crippen LogP contribution in [0.3, 0.4) is 0 Å². The summed E-state index contributed by atoms with van der Waals surface area (Å²) in [5, 5.41) is 0. The molecule has 0 aliphatic heterocycles. The molecule has 0 aliphatic rings. The molecule has 59 heavy (non-hydrogen) atoms. The molecule has 0 aromatic carbocycles. The zero-order valence-corrected chi connectivity index (χ0v) is 39.7. The molecule has 0 heterocycles. The normalized spacial score (nSPS) is 9.22. The SMILES string of the molecule is CCC(=O)OC.CCC(=O)OCOC(C)=O.CCOC.CCOC(=O)CC.CCOC(C)=O.CCOCOC(C)=O.CCOS(=O)(=O)CC.CCS(=O)(=O)OCC(C)=O. The van der Waals surface area contributed by atoms with Gasteiger partial charge in [0.2, 0.25) is 6.79 Å². The number of esters is 6. The van der Waals surface area contributed by atoms with Crippen molar-refractivity contribution < 1.29 is 96.7 Å². The number of hydrogen-bond acceptors (Lipinski definition) is 21. The number of carbonyl (C=O) groups excluding carboxylic acids is 7.